The molecule has 3 aromatic rings. The Labute approximate surface area is 177 Å². The van der Waals surface area contributed by atoms with Gasteiger partial charge in [0.1, 0.15) is 11.4 Å². The van der Waals surface area contributed by atoms with Gasteiger partial charge < -0.3 is 10.1 Å². The average Bonchev–Trinajstić information content (AvgIpc) is 3.10. The number of alkyl halides is 3. The first-order valence-electron chi connectivity index (χ1n) is 7.82. The number of halogens is 6. The summed E-state index contributed by atoms with van der Waals surface area (Å²) in [6.07, 6.45) is -2.10. The van der Waals surface area contributed by atoms with Gasteiger partial charge in [0.25, 0.3) is 5.91 Å². The van der Waals surface area contributed by atoms with Gasteiger partial charge in [-0.05, 0) is 29.8 Å². The first kappa shape index (κ1) is 21.2. The van der Waals surface area contributed by atoms with Gasteiger partial charge in [-0.2, -0.15) is 5.10 Å². The van der Waals surface area contributed by atoms with E-state index in [0.717, 1.165) is 6.07 Å². The molecule has 0 unspecified atom stereocenters. The summed E-state index contributed by atoms with van der Waals surface area (Å²) in [5.41, 5.74) is 0.608. The molecule has 152 valence electrons. The van der Waals surface area contributed by atoms with Crippen LogP contribution in [0.5, 0.6) is 5.75 Å². The Kier molecular flexibility index (Phi) is 6.21. The van der Waals surface area contributed by atoms with E-state index in [4.69, 9.17) is 34.8 Å². The monoisotopic (exact) mass is 464 g/mol. The molecule has 0 spiro atoms. The van der Waals surface area contributed by atoms with Gasteiger partial charge in [-0.15, -0.1) is 13.2 Å². The summed E-state index contributed by atoms with van der Waals surface area (Å²) in [4.78, 5) is 16.6. The molecule has 2 aromatic heterocycles. The predicted molar refractivity (Wildman–Crippen MR) is 101 cm³/mol. The van der Waals surface area contributed by atoms with E-state index in [2.05, 4.69) is 20.1 Å². The van der Waals surface area contributed by atoms with Gasteiger partial charge in [-0.3, -0.25) is 4.79 Å². The van der Waals surface area contributed by atoms with Crippen molar-refractivity contribution in [3.05, 3.63) is 69.1 Å². The fraction of sp³-hybridized carbons (Fsp3) is 0.118. The van der Waals surface area contributed by atoms with Crippen molar-refractivity contribution in [3.8, 4) is 11.6 Å². The highest BCUT2D eigenvalue weighted by Gasteiger charge is 2.32. The van der Waals surface area contributed by atoms with Gasteiger partial charge in [0.15, 0.2) is 5.82 Å². The van der Waals surface area contributed by atoms with E-state index in [-0.39, 0.29) is 28.1 Å². The fourth-order valence-electron chi connectivity index (χ4n) is 2.34. The van der Waals surface area contributed by atoms with Crippen LogP contribution in [0.25, 0.3) is 5.82 Å². The van der Waals surface area contributed by atoms with Gasteiger partial charge in [-0.1, -0.05) is 40.9 Å². The predicted octanol–water partition coefficient (Wildman–Crippen LogP) is 5.06. The zero-order valence-corrected chi connectivity index (χ0v) is 16.4. The maximum Gasteiger partial charge on any atom is 0.573 e. The third-order valence-electron chi connectivity index (χ3n) is 3.54. The highest BCUT2D eigenvalue weighted by molar-refractivity contribution is 6.35. The summed E-state index contributed by atoms with van der Waals surface area (Å²) in [6.45, 7) is -0.00217. The van der Waals surface area contributed by atoms with Crippen molar-refractivity contribution >= 4 is 40.7 Å². The maximum atomic E-state index is 12.5. The lowest BCUT2D eigenvalue weighted by molar-refractivity contribution is -0.274. The number of ether oxygens (including phenoxy) is 1. The third kappa shape index (κ3) is 5.31. The van der Waals surface area contributed by atoms with Crippen molar-refractivity contribution in [2.45, 2.75) is 12.9 Å². The third-order valence-corrected chi connectivity index (χ3v) is 4.32. The van der Waals surface area contributed by atoms with E-state index in [1.165, 1.54) is 41.3 Å². The van der Waals surface area contributed by atoms with Crippen molar-refractivity contribution < 1.29 is 22.7 Å². The summed E-state index contributed by atoms with van der Waals surface area (Å²) >= 11 is 17.7. The average molecular weight is 466 g/mol. The van der Waals surface area contributed by atoms with Crippen LogP contribution < -0.4 is 10.1 Å². The van der Waals surface area contributed by atoms with E-state index in [1.54, 1.807) is 0 Å². The summed E-state index contributed by atoms with van der Waals surface area (Å²) in [5, 5.41) is 6.94. The molecule has 2 heterocycles. The molecular formula is C17H10Cl3F3N4O2. The highest BCUT2D eigenvalue weighted by atomic mass is 35.5. The van der Waals surface area contributed by atoms with Crippen molar-refractivity contribution in [3.63, 3.8) is 0 Å². The number of rotatable bonds is 5. The van der Waals surface area contributed by atoms with Crippen LogP contribution in [0.15, 0.2) is 42.7 Å². The molecule has 0 saturated heterocycles. The number of carbonyl (C=O) groups excluding carboxylic acids is 1. The Bertz CT molecular complexity index is 1060. The Morgan fingerprint density at radius 1 is 1.14 bits per heavy atom. The van der Waals surface area contributed by atoms with Crippen LogP contribution in [0, 0.1) is 0 Å². The normalized spacial score (nSPS) is 11.4. The second kappa shape index (κ2) is 8.48. The minimum Gasteiger partial charge on any atom is -0.404 e. The molecule has 0 aliphatic heterocycles. The number of hydrogen-bond donors (Lipinski definition) is 1. The molecule has 0 bridgehead atoms. The van der Waals surface area contributed by atoms with Crippen LogP contribution in [0.3, 0.4) is 0 Å². The highest BCUT2D eigenvalue weighted by Crippen LogP contribution is 2.30. The summed E-state index contributed by atoms with van der Waals surface area (Å²) in [5.74, 6) is -0.833. The molecule has 12 heteroatoms. The first-order valence-corrected chi connectivity index (χ1v) is 8.95. The Balaban J connectivity index is 1.73. The van der Waals surface area contributed by atoms with Crippen molar-refractivity contribution in [1.82, 2.24) is 20.1 Å². The molecule has 0 aliphatic rings. The van der Waals surface area contributed by atoms with Crippen LogP contribution >= 0.6 is 34.8 Å². The van der Waals surface area contributed by atoms with Crippen molar-refractivity contribution in [2.24, 2.45) is 0 Å². The molecule has 3 rings (SSSR count). The van der Waals surface area contributed by atoms with Crippen LogP contribution in [0.4, 0.5) is 13.2 Å². The molecule has 6 nitrogen and oxygen atoms in total. The number of carbonyl (C=O) groups is 1. The Hall–Kier alpha value is -2.49. The van der Waals surface area contributed by atoms with Crippen LogP contribution in [0.2, 0.25) is 15.1 Å². The number of nitrogens with one attached hydrogen (secondary N) is 1. The van der Waals surface area contributed by atoms with Gasteiger partial charge in [-0.25, -0.2) is 9.67 Å². The molecule has 0 saturated carbocycles. The summed E-state index contributed by atoms with van der Waals surface area (Å²) in [6, 6.07) is 6.59. The van der Waals surface area contributed by atoms with Gasteiger partial charge in [0.05, 0.1) is 21.3 Å². The zero-order chi connectivity index (χ0) is 21.2. The van der Waals surface area contributed by atoms with Gasteiger partial charge in [0.2, 0.25) is 0 Å². The molecular weight excluding hydrogens is 456 g/mol. The van der Waals surface area contributed by atoms with Gasteiger partial charge >= 0.3 is 6.36 Å². The maximum absolute atomic E-state index is 12.5. The lowest BCUT2D eigenvalue weighted by Crippen LogP contribution is -2.25. The SMILES string of the molecule is O=C(NCc1ccc(OC(F)(F)F)c(Cl)c1)c1ccnn1-c1ncc(Cl)cc1Cl. The van der Waals surface area contributed by atoms with E-state index in [0.29, 0.717) is 10.6 Å². The summed E-state index contributed by atoms with van der Waals surface area (Å²) < 4.78 is 41.9. The lowest BCUT2D eigenvalue weighted by Gasteiger charge is -2.12. The minimum absolute atomic E-state index is 0.00217. The van der Waals surface area contributed by atoms with Crippen LogP contribution in [-0.2, 0) is 6.54 Å². The Morgan fingerprint density at radius 3 is 2.55 bits per heavy atom. The first-order chi connectivity index (χ1) is 13.6. The second-order valence-corrected chi connectivity index (χ2v) is 6.83. The fourth-order valence-corrected chi connectivity index (χ4v) is 3.04. The number of hydrogen-bond acceptors (Lipinski definition) is 4. The molecule has 1 N–H and O–H groups in total. The van der Waals surface area contributed by atoms with Crippen LogP contribution in [-0.4, -0.2) is 27.0 Å². The number of aromatic nitrogens is 3. The second-order valence-electron chi connectivity index (χ2n) is 5.58. The van der Waals surface area contributed by atoms with Crippen molar-refractivity contribution in [1.29, 1.82) is 0 Å². The van der Waals surface area contributed by atoms with Crippen LogP contribution in [0.1, 0.15) is 16.1 Å². The Morgan fingerprint density at radius 2 is 1.90 bits per heavy atom. The lowest BCUT2D eigenvalue weighted by atomic mass is 10.2. The number of nitrogens with zero attached hydrogens (tertiary/aromatic N) is 3. The minimum atomic E-state index is -4.85. The van der Waals surface area contributed by atoms with Gasteiger partial charge in [0, 0.05) is 12.7 Å². The largest absolute Gasteiger partial charge is 0.573 e. The van der Waals surface area contributed by atoms with E-state index in [1.807, 2.05) is 0 Å². The number of benzene rings is 1. The molecule has 1 aromatic carbocycles. The summed E-state index contributed by atoms with van der Waals surface area (Å²) in [7, 11) is 0. The molecule has 0 radical (unpaired) electrons. The smallest absolute Gasteiger partial charge is 0.404 e. The molecule has 0 aliphatic carbocycles. The number of amides is 1. The van der Waals surface area contributed by atoms with E-state index >= 15 is 0 Å². The molecule has 0 atom stereocenters. The quantitative estimate of drug-likeness (QED) is 0.572. The molecule has 0 fully saturated rings. The molecule has 29 heavy (non-hydrogen) atoms. The topological polar surface area (TPSA) is 69.0 Å². The van der Waals surface area contributed by atoms with E-state index < -0.39 is 18.0 Å². The number of pyridine rings is 1. The zero-order valence-electron chi connectivity index (χ0n) is 14.2. The van der Waals surface area contributed by atoms with E-state index in [9.17, 15) is 18.0 Å². The van der Waals surface area contributed by atoms with Crippen molar-refractivity contribution in [2.75, 3.05) is 0 Å². The molecule has 1 amide bonds. The standard InChI is InChI=1S/C17H10Cl3F3N4O2/c18-10-6-12(20)15(24-8-10)27-13(3-4-26-27)16(28)25-7-9-1-2-14(11(19)5-9)29-17(21,22)23/h1-6,8H,7H2,(H,25,28).